The van der Waals surface area contributed by atoms with Crippen LogP contribution in [-0.2, 0) is 9.59 Å². The van der Waals surface area contributed by atoms with Gasteiger partial charge in [0.2, 0.25) is 5.91 Å². The zero-order valence-electron chi connectivity index (χ0n) is 20.2. The molecule has 0 bridgehead atoms. The standard InChI is InChI=1S/C23H45NO3.Na.H/c1-4-5-6-7-8-9-10-11-12-13-14-15-16-17-18-19-21(25)24-22(20(2)3)23(26)27;;/h20,22H,4-19H2,1-3H3,(H,24,25)(H,26,27);;/q;+1;-1/t22-;;/m1../s1. The maximum Gasteiger partial charge on any atom is 1.00 e. The van der Waals surface area contributed by atoms with Gasteiger partial charge in [0.1, 0.15) is 6.04 Å². The number of rotatable bonds is 19. The van der Waals surface area contributed by atoms with Gasteiger partial charge in [-0.2, -0.15) is 0 Å². The number of carboxylic acid groups (broad SMARTS) is 1. The van der Waals surface area contributed by atoms with E-state index >= 15 is 0 Å². The smallest absolute Gasteiger partial charge is 1.00 e. The number of carbonyl (C=O) groups excluding carboxylic acids is 1. The normalized spacial score (nSPS) is 11.9. The largest absolute Gasteiger partial charge is 1.00 e. The predicted molar refractivity (Wildman–Crippen MR) is 115 cm³/mol. The van der Waals surface area contributed by atoms with Gasteiger partial charge in [-0.3, -0.25) is 4.79 Å². The summed E-state index contributed by atoms with van der Waals surface area (Å²) in [5, 5.41) is 11.7. The quantitative estimate of drug-likeness (QED) is 0.254. The Kier molecular flexibility index (Phi) is 23.3. The van der Waals surface area contributed by atoms with Crippen molar-refractivity contribution in [3.8, 4) is 0 Å². The number of aliphatic carboxylic acids is 1. The summed E-state index contributed by atoms with van der Waals surface area (Å²) in [6.07, 6.45) is 19.9. The van der Waals surface area contributed by atoms with Gasteiger partial charge in [0.25, 0.3) is 0 Å². The first kappa shape index (κ1) is 30.1. The van der Waals surface area contributed by atoms with E-state index in [9.17, 15) is 9.59 Å². The predicted octanol–water partition coefficient (Wildman–Crippen LogP) is 3.59. The molecule has 28 heavy (non-hydrogen) atoms. The van der Waals surface area contributed by atoms with Gasteiger partial charge in [-0.1, -0.05) is 111 Å². The fourth-order valence-corrected chi connectivity index (χ4v) is 3.42. The summed E-state index contributed by atoms with van der Waals surface area (Å²) in [6.45, 7) is 5.89. The zero-order valence-corrected chi connectivity index (χ0v) is 21.2. The van der Waals surface area contributed by atoms with Gasteiger partial charge in [0.15, 0.2) is 0 Å². The van der Waals surface area contributed by atoms with Crippen LogP contribution in [-0.4, -0.2) is 23.0 Å². The Balaban J connectivity index is -0.00000338. The molecule has 2 N–H and O–H groups in total. The molecule has 4 nitrogen and oxygen atoms in total. The van der Waals surface area contributed by atoms with E-state index < -0.39 is 12.0 Å². The molecule has 0 rings (SSSR count). The van der Waals surface area contributed by atoms with Crippen LogP contribution < -0.4 is 34.9 Å². The molecule has 0 heterocycles. The molecule has 0 saturated carbocycles. The van der Waals surface area contributed by atoms with E-state index in [2.05, 4.69) is 12.2 Å². The third kappa shape index (κ3) is 19.3. The van der Waals surface area contributed by atoms with Gasteiger partial charge in [0.05, 0.1) is 0 Å². The van der Waals surface area contributed by atoms with Gasteiger partial charge < -0.3 is 11.8 Å². The summed E-state index contributed by atoms with van der Waals surface area (Å²) >= 11 is 0. The number of unbranched alkanes of at least 4 members (excludes halogenated alkanes) is 14. The molecule has 0 aromatic heterocycles. The first-order valence-corrected chi connectivity index (χ1v) is 11.5. The summed E-state index contributed by atoms with van der Waals surface area (Å²) in [4.78, 5) is 22.9. The Bertz CT molecular complexity index is 381. The van der Waals surface area contributed by atoms with Crippen molar-refractivity contribution in [1.29, 1.82) is 0 Å². The third-order valence-corrected chi connectivity index (χ3v) is 5.26. The summed E-state index contributed by atoms with van der Waals surface area (Å²) in [7, 11) is 0. The van der Waals surface area contributed by atoms with E-state index in [0.717, 1.165) is 12.8 Å². The zero-order chi connectivity index (χ0) is 20.3. The Morgan fingerprint density at radius 3 is 1.43 bits per heavy atom. The van der Waals surface area contributed by atoms with Gasteiger partial charge in [0, 0.05) is 6.42 Å². The minimum atomic E-state index is -0.949. The second kappa shape index (κ2) is 21.6. The molecule has 0 radical (unpaired) electrons. The fraction of sp³-hybridized carbons (Fsp3) is 0.913. The van der Waals surface area contributed by atoms with Crippen LogP contribution in [0.4, 0.5) is 0 Å². The van der Waals surface area contributed by atoms with Crippen LogP contribution in [0.15, 0.2) is 0 Å². The molecule has 162 valence electrons. The molecule has 0 aromatic rings. The number of hydrogen-bond donors (Lipinski definition) is 2. The molecule has 0 spiro atoms. The number of carboxylic acids is 1. The first-order chi connectivity index (χ1) is 13.0. The summed E-state index contributed by atoms with van der Waals surface area (Å²) in [5.74, 6) is -1.17. The van der Waals surface area contributed by atoms with Crippen molar-refractivity contribution in [3.05, 3.63) is 0 Å². The van der Waals surface area contributed by atoms with Crippen LogP contribution in [0.25, 0.3) is 0 Å². The minimum absolute atomic E-state index is 0. The monoisotopic (exact) mass is 407 g/mol. The Morgan fingerprint density at radius 2 is 1.11 bits per heavy atom. The average molecular weight is 408 g/mol. The van der Waals surface area contributed by atoms with Crippen LogP contribution >= 0.6 is 0 Å². The average Bonchev–Trinajstić information content (AvgIpc) is 2.62. The summed E-state index contributed by atoms with van der Waals surface area (Å²) < 4.78 is 0. The van der Waals surface area contributed by atoms with Crippen LogP contribution in [0.3, 0.4) is 0 Å². The number of amides is 1. The van der Waals surface area contributed by atoms with Gasteiger partial charge in [-0.15, -0.1) is 0 Å². The molecule has 1 amide bonds. The van der Waals surface area contributed by atoms with Crippen LogP contribution in [0, 0.1) is 5.92 Å². The van der Waals surface area contributed by atoms with E-state index in [4.69, 9.17) is 5.11 Å². The van der Waals surface area contributed by atoms with Crippen molar-refractivity contribution in [1.82, 2.24) is 5.32 Å². The molecule has 0 aliphatic heterocycles. The van der Waals surface area contributed by atoms with Crippen molar-refractivity contribution in [3.63, 3.8) is 0 Å². The first-order valence-electron chi connectivity index (χ1n) is 11.5. The fourth-order valence-electron chi connectivity index (χ4n) is 3.42. The molecule has 0 aliphatic carbocycles. The van der Waals surface area contributed by atoms with Crippen LogP contribution in [0.5, 0.6) is 0 Å². The van der Waals surface area contributed by atoms with Crippen LogP contribution in [0.2, 0.25) is 0 Å². The van der Waals surface area contributed by atoms with Crippen molar-refractivity contribution in [2.75, 3.05) is 0 Å². The molecule has 0 saturated heterocycles. The van der Waals surface area contributed by atoms with E-state index in [1.165, 1.54) is 83.5 Å². The van der Waals surface area contributed by atoms with E-state index in [1.807, 2.05) is 13.8 Å². The minimum Gasteiger partial charge on any atom is -1.00 e. The SMILES string of the molecule is CCCCCCCCCCCCCCCCCC(=O)N[C@@H](C(=O)O)C(C)C.[H-].[Na+]. The van der Waals surface area contributed by atoms with E-state index in [0.29, 0.717) is 6.42 Å². The number of nitrogens with one attached hydrogen (secondary N) is 1. The second-order valence-corrected chi connectivity index (χ2v) is 8.33. The molecule has 0 unspecified atom stereocenters. The molecular weight excluding hydrogens is 361 g/mol. The summed E-state index contributed by atoms with van der Waals surface area (Å²) in [6, 6.07) is -0.770. The van der Waals surface area contributed by atoms with Gasteiger partial charge in [-0.05, 0) is 12.3 Å². The molecule has 0 aromatic carbocycles. The topological polar surface area (TPSA) is 66.4 Å². The molecule has 0 aliphatic rings. The molecule has 0 fully saturated rings. The van der Waals surface area contributed by atoms with Gasteiger partial charge in [-0.25, -0.2) is 4.79 Å². The Hall–Kier alpha value is -0.0600. The van der Waals surface area contributed by atoms with E-state index in [-0.39, 0.29) is 42.8 Å². The van der Waals surface area contributed by atoms with E-state index in [1.54, 1.807) is 0 Å². The van der Waals surface area contributed by atoms with Crippen molar-refractivity contribution in [2.45, 2.75) is 130 Å². The number of hydrogen-bond acceptors (Lipinski definition) is 2. The maximum atomic E-state index is 11.8. The third-order valence-electron chi connectivity index (χ3n) is 5.26. The van der Waals surface area contributed by atoms with Crippen molar-refractivity contribution >= 4 is 11.9 Å². The Labute approximate surface area is 197 Å². The second-order valence-electron chi connectivity index (χ2n) is 8.33. The summed E-state index contributed by atoms with van der Waals surface area (Å²) in [5.41, 5.74) is 0. The van der Waals surface area contributed by atoms with Gasteiger partial charge >= 0.3 is 35.5 Å². The Morgan fingerprint density at radius 1 is 0.750 bits per heavy atom. The molecular formula is C23H46NNaO3. The number of carbonyl (C=O) groups is 2. The maximum absolute atomic E-state index is 11.8. The van der Waals surface area contributed by atoms with Crippen molar-refractivity contribution < 1.29 is 45.7 Å². The van der Waals surface area contributed by atoms with Crippen LogP contribution in [0.1, 0.15) is 125 Å². The molecule has 1 atom stereocenters. The molecule has 5 heteroatoms. The van der Waals surface area contributed by atoms with Crippen molar-refractivity contribution in [2.24, 2.45) is 5.92 Å².